The van der Waals surface area contributed by atoms with Crippen LogP contribution in [0.4, 0.5) is 0 Å². The molecule has 0 spiro atoms. The minimum Gasteiger partial charge on any atom is -0.508 e. The van der Waals surface area contributed by atoms with Gasteiger partial charge >= 0.3 is 5.97 Å². The molecule has 0 aromatic heterocycles. The van der Waals surface area contributed by atoms with Gasteiger partial charge in [-0.3, -0.25) is 28.8 Å². The van der Waals surface area contributed by atoms with E-state index in [9.17, 15) is 54.0 Å². The number of aliphatic hydroxyl groups excluding tert-OH is 2. The van der Waals surface area contributed by atoms with Crippen LogP contribution in [0.2, 0.25) is 0 Å². The zero-order valence-electron chi connectivity index (χ0n) is 34.7. The Morgan fingerprint density at radius 3 is 1.50 bits per heavy atom. The minimum absolute atomic E-state index is 0.0337. The average Bonchev–Trinajstić information content (AvgIpc) is 3.24. The molecule has 8 atom stereocenters. The van der Waals surface area contributed by atoms with Crippen molar-refractivity contribution in [2.45, 2.75) is 101 Å². The lowest BCUT2D eigenvalue weighted by Crippen LogP contribution is -2.62. The van der Waals surface area contributed by atoms with Crippen molar-refractivity contribution in [1.29, 1.82) is 0 Å². The Balaban J connectivity index is 1.76. The molecule has 14 N–H and O–H groups in total. The maximum absolute atomic E-state index is 14.1. The second-order valence-electron chi connectivity index (χ2n) is 14.9. The average molecular weight is 863 g/mol. The maximum atomic E-state index is 14.1. The Hall–Kier alpha value is -6.41. The van der Waals surface area contributed by atoms with Crippen molar-refractivity contribution >= 4 is 41.4 Å². The summed E-state index contributed by atoms with van der Waals surface area (Å²) >= 11 is 0. The molecule has 19 nitrogen and oxygen atoms in total. The number of hydrogen-bond donors (Lipinski definition) is 12. The molecule has 0 aliphatic heterocycles. The Bertz CT molecular complexity index is 1930. The summed E-state index contributed by atoms with van der Waals surface area (Å²) in [5.41, 5.74) is 13.4. The van der Waals surface area contributed by atoms with Crippen molar-refractivity contribution in [3.8, 4) is 5.75 Å². The summed E-state index contributed by atoms with van der Waals surface area (Å²) in [5, 5.41) is 55.0. The second kappa shape index (κ2) is 25.4. The Labute approximate surface area is 359 Å². The molecule has 0 saturated carbocycles. The van der Waals surface area contributed by atoms with Crippen LogP contribution >= 0.6 is 0 Å². The van der Waals surface area contributed by atoms with Gasteiger partial charge in [-0.15, -0.1) is 0 Å². The van der Waals surface area contributed by atoms with Crippen molar-refractivity contribution < 1.29 is 54.0 Å². The molecule has 6 amide bonds. The summed E-state index contributed by atoms with van der Waals surface area (Å²) in [4.78, 5) is 92.5. The minimum atomic E-state index is -1.74. The number of phenols is 1. The zero-order valence-corrected chi connectivity index (χ0v) is 34.7. The largest absolute Gasteiger partial charge is 0.508 e. The van der Waals surface area contributed by atoms with Gasteiger partial charge in [-0.25, -0.2) is 4.79 Å². The molecule has 0 unspecified atom stereocenters. The molecule has 0 bridgehead atoms. The van der Waals surface area contributed by atoms with E-state index in [1.807, 2.05) is 0 Å². The topological polar surface area (TPSA) is 325 Å². The number of hydrogen-bond acceptors (Lipinski definition) is 12. The van der Waals surface area contributed by atoms with E-state index in [1.54, 1.807) is 72.8 Å². The van der Waals surface area contributed by atoms with E-state index in [1.165, 1.54) is 26.0 Å². The van der Waals surface area contributed by atoms with E-state index in [0.29, 0.717) is 36.1 Å². The molecule has 3 rings (SSSR count). The highest BCUT2D eigenvalue weighted by molar-refractivity contribution is 5.97. The van der Waals surface area contributed by atoms with Gasteiger partial charge in [-0.05, 0) is 74.9 Å². The third kappa shape index (κ3) is 16.9. The molecule has 0 aliphatic carbocycles. The molecule has 0 radical (unpaired) electrons. The smallest absolute Gasteiger partial charge is 0.326 e. The summed E-state index contributed by atoms with van der Waals surface area (Å²) in [6, 6.07) is 14.7. The van der Waals surface area contributed by atoms with Crippen LogP contribution in [0.3, 0.4) is 0 Å². The molecule has 0 heterocycles. The summed E-state index contributed by atoms with van der Waals surface area (Å²) < 4.78 is 0. The summed E-state index contributed by atoms with van der Waals surface area (Å²) in [6.07, 6.45) is -2.13. The number of nitrogens with one attached hydrogen (secondary N) is 6. The van der Waals surface area contributed by atoms with Gasteiger partial charge in [0.25, 0.3) is 0 Å². The first-order valence-corrected chi connectivity index (χ1v) is 20.2. The van der Waals surface area contributed by atoms with Gasteiger partial charge in [0, 0.05) is 12.8 Å². The van der Waals surface area contributed by atoms with E-state index in [0.717, 1.165) is 0 Å². The third-order valence-corrected chi connectivity index (χ3v) is 9.69. The summed E-state index contributed by atoms with van der Waals surface area (Å²) in [5.74, 6) is -6.59. The van der Waals surface area contributed by atoms with E-state index in [4.69, 9.17) is 11.5 Å². The molecule has 336 valence electrons. The molecular formula is C43H58N8O11. The Kier molecular flexibility index (Phi) is 20.4. The Morgan fingerprint density at radius 1 is 0.565 bits per heavy atom. The molecule has 3 aromatic rings. The predicted octanol–water partition coefficient (Wildman–Crippen LogP) is -1.74. The monoisotopic (exact) mass is 862 g/mol. The summed E-state index contributed by atoms with van der Waals surface area (Å²) in [7, 11) is 0. The van der Waals surface area contributed by atoms with Gasteiger partial charge in [0.15, 0.2) is 0 Å². The lowest BCUT2D eigenvalue weighted by atomic mass is 10.0. The highest BCUT2D eigenvalue weighted by Crippen LogP contribution is 2.12. The predicted molar refractivity (Wildman–Crippen MR) is 227 cm³/mol. The number of aromatic hydroxyl groups is 1. The number of carbonyl (C=O) groups is 7. The molecule has 3 aromatic carbocycles. The van der Waals surface area contributed by atoms with Gasteiger partial charge in [-0.1, -0.05) is 72.8 Å². The van der Waals surface area contributed by atoms with Crippen LogP contribution < -0.4 is 43.4 Å². The number of carboxylic acids is 1. The van der Waals surface area contributed by atoms with Crippen molar-refractivity contribution in [2.75, 3.05) is 13.1 Å². The Morgan fingerprint density at radius 2 is 1.02 bits per heavy atom. The quantitative estimate of drug-likeness (QED) is 0.0422. The SMILES string of the molecule is C[C@@H](O)[C@H](NC(=O)CNC(=O)[C@@H](N)Cc1ccc(O)cc1)C(=O)N[C@H](C(=O)N[C@@H](Cc1ccccc1)C(=O)N[C@@H](Cc1ccccc1)C(=O)N[C@@H](CCCCN)C(=O)O)[C@@H](C)O. The first-order chi connectivity index (χ1) is 29.5. The lowest BCUT2D eigenvalue weighted by Gasteiger charge is -2.28. The number of unbranched alkanes of at least 4 members (excludes halogenated alkanes) is 1. The number of carbonyl (C=O) groups excluding carboxylic acids is 6. The summed E-state index contributed by atoms with van der Waals surface area (Å²) in [6.45, 7) is 2.08. The van der Waals surface area contributed by atoms with Gasteiger partial charge in [0.2, 0.25) is 35.4 Å². The number of aliphatic hydroxyl groups is 2. The first-order valence-electron chi connectivity index (χ1n) is 20.2. The van der Waals surface area contributed by atoms with E-state index in [2.05, 4.69) is 31.9 Å². The van der Waals surface area contributed by atoms with E-state index >= 15 is 0 Å². The van der Waals surface area contributed by atoms with Crippen LogP contribution in [0.25, 0.3) is 0 Å². The van der Waals surface area contributed by atoms with Crippen LogP contribution in [0.15, 0.2) is 84.9 Å². The molecule has 62 heavy (non-hydrogen) atoms. The van der Waals surface area contributed by atoms with Crippen molar-refractivity contribution in [2.24, 2.45) is 11.5 Å². The number of phenolic OH excluding ortho intramolecular Hbond substituents is 1. The third-order valence-electron chi connectivity index (χ3n) is 9.69. The lowest BCUT2D eigenvalue weighted by molar-refractivity contribution is -0.142. The normalized spacial score (nSPS) is 14.9. The molecule has 0 fully saturated rings. The van der Waals surface area contributed by atoms with Crippen LogP contribution in [-0.2, 0) is 52.8 Å². The molecular weight excluding hydrogens is 805 g/mol. The fourth-order valence-electron chi connectivity index (χ4n) is 6.23. The highest BCUT2D eigenvalue weighted by atomic mass is 16.4. The van der Waals surface area contributed by atoms with Gasteiger partial charge in [0.05, 0.1) is 24.8 Å². The van der Waals surface area contributed by atoms with Gasteiger partial charge in [-0.2, -0.15) is 0 Å². The number of carboxylic acid groups (broad SMARTS) is 1. The number of aliphatic carboxylic acids is 1. The van der Waals surface area contributed by atoms with Crippen molar-refractivity contribution in [1.82, 2.24) is 31.9 Å². The number of nitrogens with two attached hydrogens (primary N) is 2. The first kappa shape index (κ1) is 49.9. The standard InChI is InChI=1S/C43H58N8O11/c1-25(52)36(50-35(55)24-46-38(56)31(45)21-29-16-18-30(54)19-17-29)42(60)51-37(26(2)53)41(59)49-34(23-28-13-7-4-8-14-28)40(58)48-33(22-27-11-5-3-6-12-27)39(57)47-32(43(61)62)15-9-10-20-44/h3-8,11-14,16-19,25-26,31-34,36-37,52-54H,9-10,15,20-24,44-45H2,1-2H3,(H,46,56)(H,47,57)(H,48,58)(H,49,59)(H,50,55)(H,51,60)(H,61,62)/t25-,26-,31+,32+,33+,34+,36+,37+/m1/s1. The molecule has 0 aliphatic rings. The van der Waals surface area contributed by atoms with Crippen LogP contribution in [0.5, 0.6) is 5.75 Å². The number of amides is 6. The van der Waals surface area contributed by atoms with Gasteiger partial charge < -0.3 is 63.8 Å². The second-order valence-corrected chi connectivity index (χ2v) is 14.9. The zero-order chi connectivity index (χ0) is 45.8. The van der Waals surface area contributed by atoms with E-state index in [-0.39, 0.29) is 31.4 Å². The maximum Gasteiger partial charge on any atom is 0.326 e. The van der Waals surface area contributed by atoms with Crippen LogP contribution in [0, 0.1) is 0 Å². The number of benzene rings is 3. The van der Waals surface area contributed by atoms with Crippen LogP contribution in [-0.4, -0.2) is 123 Å². The molecule has 19 heteroatoms. The fraction of sp³-hybridized carbons (Fsp3) is 0.419. The van der Waals surface area contributed by atoms with Crippen LogP contribution in [0.1, 0.15) is 49.8 Å². The number of rotatable bonds is 25. The van der Waals surface area contributed by atoms with Crippen molar-refractivity contribution in [3.63, 3.8) is 0 Å². The van der Waals surface area contributed by atoms with Gasteiger partial charge in [0.1, 0.15) is 36.0 Å². The van der Waals surface area contributed by atoms with E-state index < -0.39 is 96.4 Å². The fourth-order valence-corrected chi connectivity index (χ4v) is 6.23. The van der Waals surface area contributed by atoms with Crippen molar-refractivity contribution in [3.05, 3.63) is 102 Å². The highest BCUT2D eigenvalue weighted by Gasteiger charge is 2.35. The molecule has 0 saturated heterocycles.